The first kappa shape index (κ1) is 13.1. The summed E-state index contributed by atoms with van der Waals surface area (Å²) in [6, 6.07) is 3.72. The van der Waals surface area contributed by atoms with Crippen molar-refractivity contribution in [3.05, 3.63) is 42.0 Å². The number of rotatable bonds is 4. The van der Waals surface area contributed by atoms with E-state index in [2.05, 4.69) is 21.9 Å². The minimum absolute atomic E-state index is 0.0658. The third-order valence-electron chi connectivity index (χ3n) is 2.34. The summed E-state index contributed by atoms with van der Waals surface area (Å²) in [4.78, 5) is 4.07. The van der Waals surface area contributed by atoms with E-state index in [-0.39, 0.29) is 6.61 Å². The number of aliphatic hydroxyl groups excluding tert-OH is 1. The highest BCUT2D eigenvalue weighted by molar-refractivity contribution is 5.36. The van der Waals surface area contributed by atoms with E-state index in [1.807, 2.05) is 25.4 Å². The Bertz CT molecular complexity index is 596. The van der Waals surface area contributed by atoms with Crippen molar-refractivity contribution >= 4 is 0 Å². The van der Waals surface area contributed by atoms with Crippen LogP contribution >= 0.6 is 0 Å². The molecule has 1 N–H and O–H groups in total. The van der Waals surface area contributed by atoms with Gasteiger partial charge in [0, 0.05) is 31.4 Å². The zero-order chi connectivity index (χ0) is 13.5. The average molecular weight is 257 g/mol. The van der Waals surface area contributed by atoms with Crippen molar-refractivity contribution in [3.63, 3.8) is 0 Å². The Morgan fingerprint density at radius 1 is 1.42 bits per heavy atom. The lowest BCUT2D eigenvalue weighted by Crippen LogP contribution is -1.98. The number of hydrogen-bond donors (Lipinski definition) is 1. The molecule has 98 valence electrons. The largest absolute Gasteiger partial charge is 0.486 e. The van der Waals surface area contributed by atoms with E-state index in [0.717, 1.165) is 11.3 Å². The summed E-state index contributed by atoms with van der Waals surface area (Å²) in [5.74, 6) is 6.41. The van der Waals surface area contributed by atoms with E-state index >= 15 is 0 Å². The van der Waals surface area contributed by atoms with Crippen molar-refractivity contribution in [2.45, 2.75) is 13.0 Å². The highest BCUT2D eigenvalue weighted by Gasteiger charge is 2.00. The molecule has 2 heterocycles. The molecule has 0 fully saturated rings. The van der Waals surface area contributed by atoms with Gasteiger partial charge in [-0.05, 0) is 12.1 Å². The van der Waals surface area contributed by atoms with Gasteiger partial charge in [-0.2, -0.15) is 5.10 Å². The SMILES string of the molecule is Cn1ccc(COc2cncc(C#CCCO)c2)n1. The Morgan fingerprint density at radius 2 is 2.32 bits per heavy atom. The van der Waals surface area contributed by atoms with Crippen molar-refractivity contribution < 1.29 is 9.84 Å². The monoisotopic (exact) mass is 257 g/mol. The number of nitrogens with zero attached hydrogens (tertiary/aromatic N) is 3. The molecule has 19 heavy (non-hydrogen) atoms. The molecule has 0 aliphatic rings. The zero-order valence-corrected chi connectivity index (χ0v) is 10.7. The molecular formula is C14H15N3O2. The summed E-state index contributed by atoms with van der Waals surface area (Å²) in [6.45, 7) is 0.465. The molecule has 0 bridgehead atoms. The predicted octanol–water partition coefficient (Wildman–Crippen LogP) is 1.13. The Kier molecular flexibility index (Phi) is 4.54. The summed E-state index contributed by atoms with van der Waals surface area (Å²) in [7, 11) is 1.86. The van der Waals surface area contributed by atoms with Crippen LogP contribution in [0.1, 0.15) is 17.7 Å². The Balaban J connectivity index is 1.97. The molecular weight excluding hydrogens is 242 g/mol. The van der Waals surface area contributed by atoms with Crippen LogP contribution < -0.4 is 4.74 Å². The molecule has 0 unspecified atom stereocenters. The molecule has 5 heteroatoms. The summed E-state index contributed by atoms with van der Waals surface area (Å²) in [5, 5.41) is 12.9. The van der Waals surface area contributed by atoms with E-state index in [9.17, 15) is 0 Å². The standard InChI is InChI=1S/C14H15N3O2/c1-17-6-5-13(16-17)11-19-14-8-12(9-15-10-14)4-2-3-7-18/h5-6,8-10,18H,3,7,11H2,1H3. The first-order valence-electron chi connectivity index (χ1n) is 5.94. The summed E-state index contributed by atoms with van der Waals surface area (Å²) < 4.78 is 7.33. The van der Waals surface area contributed by atoms with Gasteiger partial charge in [0.25, 0.3) is 0 Å². The normalized spacial score (nSPS) is 9.79. The van der Waals surface area contributed by atoms with Gasteiger partial charge in [0.1, 0.15) is 12.4 Å². The van der Waals surface area contributed by atoms with Gasteiger partial charge in [-0.25, -0.2) is 0 Å². The fourth-order valence-corrected chi connectivity index (χ4v) is 1.48. The molecule has 2 aromatic rings. The number of aliphatic hydroxyl groups is 1. The fraction of sp³-hybridized carbons (Fsp3) is 0.286. The van der Waals surface area contributed by atoms with Crippen LogP contribution in [0, 0.1) is 11.8 Å². The first-order chi connectivity index (χ1) is 9.28. The quantitative estimate of drug-likeness (QED) is 0.834. The second-order valence-electron chi connectivity index (χ2n) is 3.95. The van der Waals surface area contributed by atoms with Gasteiger partial charge in [0.05, 0.1) is 18.5 Å². The lowest BCUT2D eigenvalue weighted by molar-refractivity contribution is 0.299. The van der Waals surface area contributed by atoms with Crippen molar-refractivity contribution in [3.8, 4) is 17.6 Å². The third-order valence-corrected chi connectivity index (χ3v) is 2.34. The smallest absolute Gasteiger partial charge is 0.139 e. The number of ether oxygens (including phenoxy) is 1. The van der Waals surface area contributed by atoms with E-state index in [1.165, 1.54) is 0 Å². The minimum Gasteiger partial charge on any atom is -0.486 e. The van der Waals surface area contributed by atoms with Gasteiger partial charge in [-0.1, -0.05) is 11.8 Å². The molecule has 0 aromatic carbocycles. The second-order valence-corrected chi connectivity index (χ2v) is 3.95. The van der Waals surface area contributed by atoms with Gasteiger partial charge in [-0.3, -0.25) is 9.67 Å². The topological polar surface area (TPSA) is 60.2 Å². The molecule has 0 atom stereocenters. The van der Waals surface area contributed by atoms with E-state index in [1.54, 1.807) is 17.1 Å². The second kappa shape index (κ2) is 6.57. The van der Waals surface area contributed by atoms with Crippen LogP contribution in [0.3, 0.4) is 0 Å². The molecule has 0 aliphatic carbocycles. The third kappa shape index (κ3) is 4.12. The van der Waals surface area contributed by atoms with Crippen LogP contribution in [0.4, 0.5) is 0 Å². The molecule has 2 rings (SSSR count). The maximum atomic E-state index is 8.66. The number of hydrogen-bond acceptors (Lipinski definition) is 4. The molecule has 0 saturated carbocycles. The highest BCUT2D eigenvalue weighted by atomic mass is 16.5. The Hall–Kier alpha value is -2.32. The summed E-state index contributed by atoms with van der Waals surface area (Å²) >= 11 is 0. The van der Waals surface area contributed by atoms with Gasteiger partial charge in [0.2, 0.25) is 0 Å². The van der Waals surface area contributed by atoms with Crippen LogP contribution in [0.2, 0.25) is 0 Å². The van der Waals surface area contributed by atoms with Crippen molar-refractivity contribution in [1.29, 1.82) is 0 Å². The molecule has 2 aromatic heterocycles. The zero-order valence-electron chi connectivity index (χ0n) is 10.7. The Labute approximate surface area is 111 Å². The van der Waals surface area contributed by atoms with E-state index in [4.69, 9.17) is 9.84 Å². The van der Waals surface area contributed by atoms with Gasteiger partial charge in [-0.15, -0.1) is 0 Å². The first-order valence-corrected chi connectivity index (χ1v) is 5.94. The molecule has 0 spiro atoms. The molecule has 0 amide bonds. The van der Waals surface area contributed by atoms with Gasteiger partial charge < -0.3 is 9.84 Å². The molecule has 0 aliphatic heterocycles. The molecule has 5 nitrogen and oxygen atoms in total. The number of aromatic nitrogens is 3. The van der Waals surface area contributed by atoms with Crippen LogP contribution in [-0.4, -0.2) is 26.5 Å². The van der Waals surface area contributed by atoms with Crippen LogP contribution in [0.25, 0.3) is 0 Å². The summed E-state index contributed by atoms with van der Waals surface area (Å²) in [5.41, 5.74) is 1.63. The number of pyridine rings is 1. The summed E-state index contributed by atoms with van der Waals surface area (Å²) in [6.07, 6.45) is 5.63. The average Bonchev–Trinajstić information content (AvgIpc) is 2.83. The van der Waals surface area contributed by atoms with Crippen molar-refractivity contribution in [2.24, 2.45) is 7.05 Å². The van der Waals surface area contributed by atoms with Gasteiger partial charge >= 0.3 is 0 Å². The maximum Gasteiger partial charge on any atom is 0.139 e. The van der Waals surface area contributed by atoms with Crippen molar-refractivity contribution in [2.75, 3.05) is 6.61 Å². The van der Waals surface area contributed by atoms with E-state index in [0.29, 0.717) is 18.8 Å². The lowest BCUT2D eigenvalue weighted by atomic mass is 10.2. The van der Waals surface area contributed by atoms with Crippen molar-refractivity contribution in [1.82, 2.24) is 14.8 Å². The van der Waals surface area contributed by atoms with Gasteiger partial charge in [0.15, 0.2) is 0 Å². The molecule has 0 radical (unpaired) electrons. The predicted molar refractivity (Wildman–Crippen MR) is 70.4 cm³/mol. The highest BCUT2D eigenvalue weighted by Crippen LogP contribution is 2.12. The fourth-order valence-electron chi connectivity index (χ4n) is 1.48. The van der Waals surface area contributed by atoms with Crippen LogP contribution in [-0.2, 0) is 13.7 Å². The van der Waals surface area contributed by atoms with Crippen LogP contribution in [0.15, 0.2) is 30.7 Å². The van der Waals surface area contributed by atoms with Crippen LogP contribution in [0.5, 0.6) is 5.75 Å². The Morgan fingerprint density at radius 3 is 3.05 bits per heavy atom. The minimum atomic E-state index is 0.0658. The molecule has 0 saturated heterocycles. The lowest BCUT2D eigenvalue weighted by Gasteiger charge is -2.03. The number of aryl methyl sites for hydroxylation is 1. The maximum absolute atomic E-state index is 8.66. The van der Waals surface area contributed by atoms with E-state index < -0.39 is 0 Å².